The Bertz CT molecular complexity index is 840. The number of halogens is 2. The lowest BCUT2D eigenvalue weighted by Crippen LogP contribution is -2.25. The van der Waals surface area contributed by atoms with E-state index in [1.165, 1.54) is 0 Å². The number of fused-ring (bicyclic) bond motifs is 1. The summed E-state index contributed by atoms with van der Waals surface area (Å²) in [5, 5.41) is 4.23. The van der Waals surface area contributed by atoms with Crippen molar-refractivity contribution in [2.75, 3.05) is 13.2 Å². The molecule has 26 heavy (non-hydrogen) atoms. The topological polar surface area (TPSA) is 47.6 Å². The van der Waals surface area contributed by atoms with E-state index in [1.807, 2.05) is 36.4 Å². The van der Waals surface area contributed by atoms with E-state index in [0.29, 0.717) is 36.3 Å². The van der Waals surface area contributed by atoms with Crippen LogP contribution in [0.3, 0.4) is 0 Å². The molecule has 2 aliphatic rings. The number of nitrogens with one attached hydrogen (secondary N) is 1. The molecule has 0 radical (unpaired) electrons. The molecule has 136 valence electrons. The molecular formula is C20H19Cl2NO3. The van der Waals surface area contributed by atoms with Crippen LogP contribution in [0.5, 0.6) is 11.5 Å². The summed E-state index contributed by atoms with van der Waals surface area (Å²) in [4.78, 5) is 12.5. The molecule has 0 spiro atoms. The minimum atomic E-state index is -0.0224. The van der Waals surface area contributed by atoms with Crippen LogP contribution in [0, 0.1) is 5.92 Å². The fraction of sp³-hybridized carbons (Fsp3) is 0.350. The highest BCUT2D eigenvalue weighted by atomic mass is 35.5. The average Bonchev–Trinajstić information content (AvgIpc) is 3.44. The highest BCUT2D eigenvalue weighted by molar-refractivity contribution is 6.32. The maximum atomic E-state index is 12.5. The van der Waals surface area contributed by atoms with Gasteiger partial charge >= 0.3 is 0 Å². The zero-order valence-corrected chi connectivity index (χ0v) is 15.6. The predicted molar refractivity (Wildman–Crippen MR) is 101 cm³/mol. The first-order valence-corrected chi connectivity index (χ1v) is 9.49. The van der Waals surface area contributed by atoms with E-state index in [2.05, 4.69) is 5.32 Å². The number of benzene rings is 2. The van der Waals surface area contributed by atoms with E-state index < -0.39 is 0 Å². The first-order valence-electron chi connectivity index (χ1n) is 8.73. The van der Waals surface area contributed by atoms with E-state index in [9.17, 15) is 4.79 Å². The summed E-state index contributed by atoms with van der Waals surface area (Å²) in [6.07, 6.45) is 1.65. The highest BCUT2D eigenvalue weighted by Crippen LogP contribution is 2.49. The van der Waals surface area contributed by atoms with Gasteiger partial charge in [0.1, 0.15) is 0 Å². The number of carbonyl (C=O) groups excluding carboxylic acids is 1. The molecule has 2 aromatic carbocycles. The zero-order chi connectivity index (χ0) is 18.1. The highest BCUT2D eigenvalue weighted by Gasteiger charge is 2.44. The second-order valence-electron chi connectivity index (χ2n) is 6.64. The van der Waals surface area contributed by atoms with Crippen LogP contribution in [0.2, 0.25) is 10.0 Å². The van der Waals surface area contributed by atoms with Gasteiger partial charge in [0.2, 0.25) is 5.91 Å². The lowest BCUT2D eigenvalue weighted by atomic mass is 10.1. The van der Waals surface area contributed by atoms with Gasteiger partial charge in [0, 0.05) is 23.9 Å². The van der Waals surface area contributed by atoms with Gasteiger partial charge in [-0.3, -0.25) is 4.79 Å². The van der Waals surface area contributed by atoms with Crippen LogP contribution < -0.4 is 14.8 Å². The minimum Gasteiger partial charge on any atom is -0.489 e. The Hall–Kier alpha value is -1.91. The molecule has 0 aromatic heterocycles. The molecule has 2 aromatic rings. The fourth-order valence-corrected chi connectivity index (χ4v) is 3.87. The Morgan fingerprint density at radius 3 is 2.77 bits per heavy atom. The van der Waals surface area contributed by atoms with Gasteiger partial charge in [-0.1, -0.05) is 41.4 Å². The smallest absolute Gasteiger partial charge is 0.224 e. The molecule has 1 aliphatic carbocycles. The van der Waals surface area contributed by atoms with Crippen molar-refractivity contribution in [3.63, 3.8) is 0 Å². The molecule has 4 nitrogen and oxygen atoms in total. The minimum absolute atomic E-state index is 0.0224. The Morgan fingerprint density at radius 1 is 1.12 bits per heavy atom. The van der Waals surface area contributed by atoms with E-state index in [-0.39, 0.29) is 17.7 Å². The molecule has 0 saturated heterocycles. The molecule has 1 saturated carbocycles. The van der Waals surface area contributed by atoms with Crippen LogP contribution in [0.1, 0.15) is 29.9 Å². The van der Waals surface area contributed by atoms with Crippen LogP contribution >= 0.6 is 23.2 Å². The normalized spacial score (nSPS) is 21.0. The van der Waals surface area contributed by atoms with E-state index in [1.54, 1.807) is 0 Å². The van der Waals surface area contributed by atoms with Gasteiger partial charge < -0.3 is 14.8 Å². The van der Waals surface area contributed by atoms with Crippen LogP contribution in [0.15, 0.2) is 36.4 Å². The Balaban J connectivity index is 1.39. The van der Waals surface area contributed by atoms with Crippen molar-refractivity contribution in [3.05, 3.63) is 57.6 Å². The number of carbonyl (C=O) groups is 1. The fourth-order valence-electron chi connectivity index (χ4n) is 3.31. The molecule has 1 N–H and O–H groups in total. The average molecular weight is 392 g/mol. The lowest BCUT2D eigenvalue weighted by Gasteiger charge is -2.12. The first kappa shape index (κ1) is 17.5. The molecular weight excluding hydrogens is 373 g/mol. The van der Waals surface area contributed by atoms with Crippen LogP contribution in [0.25, 0.3) is 0 Å². The Morgan fingerprint density at radius 2 is 1.92 bits per heavy atom. The maximum absolute atomic E-state index is 12.5. The number of hydrogen-bond donors (Lipinski definition) is 1. The molecule has 1 fully saturated rings. The summed E-state index contributed by atoms with van der Waals surface area (Å²) in [6, 6.07) is 11.4. The van der Waals surface area contributed by atoms with Crippen molar-refractivity contribution in [1.82, 2.24) is 5.32 Å². The van der Waals surface area contributed by atoms with Crippen LogP contribution in [0.4, 0.5) is 0 Å². The molecule has 2 atom stereocenters. The third-order valence-electron chi connectivity index (χ3n) is 4.76. The number of rotatable bonds is 4. The summed E-state index contributed by atoms with van der Waals surface area (Å²) >= 11 is 12.5. The molecule has 0 bridgehead atoms. The number of hydrogen-bond acceptors (Lipinski definition) is 3. The Kier molecular flexibility index (Phi) is 4.96. The molecule has 1 amide bonds. The van der Waals surface area contributed by atoms with Gasteiger partial charge in [0.05, 0.1) is 18.2 Å². The second kappa shape index (κ2) is 7.37. The van der Waals surface area contributed by atoms with Gasteiger partial charge in [-0.05, 0) is 41.7 Å². The summed E-state index contributed by atoms with van der Waals surface area (Å²) in [6.45, 7) is 1.59. The molecule has 6 heteroatoms. The molecule has 1 heterocycles. The van der Waals surface area contributed by atoms with Gasteiger partial charge in [-0.25, -0.2) is 0 Å². The maximum Gasteiger partial charge on any atom is 0.224 e. The van der Waals surface area contributed by atoms with Crippen molar-refractivity contribution in [2.45, 2.75) is 25.3 Å². The summed E-state index contributed by atoms with van der Waals surface area (Å²) < 4.78 is 11.3. The third-order valence-corrected chi connectivity index (χ3v) is 5.39. The third kappa shape index (κ3) is 3.62. The quantitative estimate of drug-likeness (QED) is 0.829. The van der Waals surface area contributed by atoms with Crippen molar-refractivity contribution in [1.29, 1.82) is 0 Å². The Labute approximate surface area is 162 Å². The van der Waals surface area contributed by atoms with Gasteiger partial charge in [-0.15, -0.1) is 0 Å². The SMILES string of the molecule is O=C(NCc1cc(Cl)c2c(c1)OCCCO2)C1CC1c1ccccc1Cl. The van der Waals surface area contributed by atoms with Crippen molar-refractivity contribution < 1.29 is 14.3 Å². The number of amides is 1. The lowest BCUT2D eigenvalue weighted by molar-refractivity contribution is -0.122. The molecule has 4 rings (SSSR count). The van der Waals surface area contributed by atoms with E-state index >= 15 is 0 Å². The zero-order valence-electron chi connectivity index (χ0n) is 14.1. The summed E-state index contributed by atoms with van der Waals surface area (Å²) in [5.74, 6) is 1.44. The van der Waals surface area contributed by atoms with Crippen molar-refractivity contribution >= 4 is 29.1 Å². The van der Waals surface area contributed by atoms with Crippen LogP contribution in [-0.4, -0.2) is 19.1 Å². The molecule has 2 unspecified atom stereocenters. The van der Waals surface area contributed by atoms with Crippen LogP contribution in [-0.2, 0) is 11.3 Å². The monoisotopic (exact) mass is 391 g/mol. The van der Waals surface area contributed by atoms with Crippen molar-refractivity contribution in [2.24, 2.45) is 5.92 Å². The summed E-state index contributed by atoms with van der Waals surface area (Å²) in [5.41, 5.74) is 1.94. The van der Waals surface area contributed by atoms with Gasteiger partial charge in [0.15, 0.2) is 11.5 Å². The standard InChI is InChI=1S/C20H19Cl2NO3/c21-16-5-2-1-4-13(16)14-10-15(14)20(24)23-11-12-8-17(22)19-18(9-12)25-6-3-7-26-19/h1-2,4-5,8-9,14-15H,3,6-7,10-11H2,(H,23,24). The van der Waals surface area contributed by atoms with Gasteiger partial charge in [0.25, 0.3) is 0 Å². The second-order valence-corrected chi connectivity index (χ2v) is 7.46. The molecule has 1 aliphatic heterocycles. The van der Waals surface area contributed by atoms with E-state index in [4.69, 9.17) is 32.7 Å². The van der Waals surface area contributed by atoms with E-state index in [0.717, 1.165) is 29.0 Å². The first-order chi connectivity index (χ1) is 12.6. The van der Waals surface area contributed by atoms with Crippen molar-refractivity contribution in [3.8, 4) is 11.5 Å². The number of ether oxygens (including phenoxy) is 2. The summed E-state index contributed by atoms with van der Waals surface area (Å²) in [7, 11) is 0. The van der Waals surface area contributed by atoms with Gasteiger partial charge in [-0.2, -0.15) is 0 Å². The largest absolute Gasteiger partial charge is 0.489 e. The predicted octanol–water partition coefficient (Wildman–Crippen LogP) is 4.57.